The Morgan fingerprint density at radius 1 is 0.712 bits per heavy atom. The first-order valence-electron chi connectivity index (χ1n) is 17.0. The molecule has 1 aromatic heterocycles. The van der Waals surface area contributed by atoms with Crippen molar-refractivity contribution in [3.8, 4) is 5.75 Å². The number of azo groups is 2. The second-order valence-corrected chi connectivity index (χ2v) is 17.2. The normalized spacial score (nSPS) is 14.2. The highest BCUT2D eigenvalue weighted by molar-refractivity contribution is 7.86. The molecule has 0 unspecified atom stereocenters. The van der Waals surface area contributed by atoms with E-state index in [9.17, 15) is 38.9 Å². The second-order valence-electron chi connectivity index (χ2n) is 12.7. The highest BCUT2D eigenvalue weighted by Gasteiger charge is 2.23. The van der Waals surface area contributed by atoms with Gasteiger partial charge in [0, 0.05) is 35.3 Å². The molecule has 1 aliphatic rings. The van der Waals surface area contributed by atoms with Crippen LogP contribution in [-0.4, -0.2) is 87.3 Å². The standard InChI is InChI=1S/C35H30ClN9O11S3/c1-19-15-26(28(55-2)18-25(19)42-44-27-17-22-20(16-31(27)59(52,53)54)5-3-7-29(22)57(46,47)48)43-41-23-9-10-24(32-21(23)6-4-8-30(32)58(49,50)51)37-34-38-33(36)39-35(40-34)45-11-13-56-14-12-45/h3-10,15-18H,11-14H2,1-2H3,(H,46,47,48)(H,49,50,51)(H,52,53,54)(H,37,38,39,40). The third-order valence-electron chi connectivity index (χ3n) is 8.90. The van der Waals surface area contributed by atoms with E-state index < -0.39 is 50.7 Å². The molecule has 1 saturated heterocycles. The van der Waals surface area contributed by atoms with Gasteiger partial charge in [0.1, 0.15) is 31.8 Å². The van der Waals surface area contributed by atoms with Crippen molar-refractivity contribution >= 4 is 104 Å². The molecule has 2 heterocycles. The number of benzene rings is 5. The molecule has 20 nitrogen and oxygen atoms in total. The predicted molar refractivity (Wildman–Crippen MR) is 215 cm³/mol. The lowest BCUT2D eigenvalue weighted by atomic mass is 10.1. The maximum absolute atomic E-state index is 12.6. The molecule has 24 heteroatoms. The zero-order chi connectivity index (χ0) is 42.3. The molecular weight excluding hydrogens is 854 g/mol. The summed E-state index contributed by atoms with van der Waals surface area (Å²) in [4.78, 5) is 13.0. The van der Waals surface area contributed by atoms with E-state index in [1.54, 1.807) is 19.1 Å². The number of hydrogen-bond donors (Lipinski definition) is 4. The summed E-state index contributed by atoms with van der Waals surface area (Å²) in [6, 6.07) is 16.0. The number of nitrogens with zero attached hydrogens (tertiary/aromatic N) is 8. The minimum absolute atomic E-state index is 0.00226. The Bertz CT molecular complexity index is 3070. The highest BCUT2D eigenvalue weighted by atomic mass is 35.5. The molecule has 1 fully saturated rings. The fraction of sp³-hybridized carbons (Fsp3) is 0.171. The predicted octanol–water partition coefficient (Wildman–Crippen LogP) is 7.30. The van der Waals surface area contributed by atoms with Crippen molar-refractivity contribution in [3.63, 3.8) is 0 Å². The average molecular weight is 884 g/mol. The van der Waals surface area contributed by atoms with Crippen LogP contribution in [-0.2, 0) is 35.1 Å². The maximum atomic E-state index is 12.6. The molecule has 59 heavy (non-hydrogen) atoms. The quantitative estimate of drug-likeness (QED) is 0.0733. The Labute approximate surface area is 340 Å². The van der Waals surface area contributed by atoms with E-state index in [2.05, 4.69) is 40.7 Å². The summed E-state index contributed by atoms with van der Waals surface area (Å²) in [7, 11) is -13.0. The van der Waals surface area contributed by atoms with Crippen molar-refractivity contribution in [2.24, 2.45) is 20.5 Å². The van der Waals surface area contributed by atoms with Crippen LogP contribution in [0, 0.1) is 6.92 Å². The lowest BCUT2D eigenvalue weighted by molar-refractivity contribution is 0.122. The van der Waals surface area contributed by atoms with Gasteiger partial charge in [-0.2, -0.15) is 45.3 Å². The number of rotatable bonds is 11. The number of ether oxygens (including phenoxy) is 2. The first kappa shape index (κ1) is 41.4. The number of morpholine rings is 1. The molecule has 0 bridgehead atoms. The summed E-state index contributed by atoms with van der Waals surface area (Å²) >= 11 is 6.23. The Morgan fingerprint density at radius 3 is 2.05 bits per heavy atom. The van der Waals surface area contributed by atoms with Gasteiger partial charge in [0.15, 0.2) is 0 Å². The number of aryl methyl sites for hydroxylation is 1. The smallest absolute Gasteiger partial charge is 0.296 e. The third-order valence-corrected chi connectivity index (χ3v) is 11.8. The molecule has 0 saturated carbocycles. The van der Waals surface area contributed by atoms with E-state index >= 15 is 0 Å². The number of methoxy groups -OCH3 is 1. The summed E-state index contributed by atoms with van der Waals surface area (Å²) in [5, 5.41) is 20.0. The minimum atomic E-state index is -4.88. The van der Waals surface area contributed by atoms with Gasteiger partial charge in [0.25, 0.3) is 30.4 Å². The minimum Gasteiger partial charge on any atom is -0.494 e. The van der Waals surface area contributed by atoms with Gasteiger partial charge in [-0.15, -0.1) is 15.3 Å². The second kappa shape index (κ2) is 16.1. The van der Waals surface area contributed by atoms with E-state index in [0.717, 1.165) is 18.2 Å². The van der Waals surface area contributed by atoms with Gasteiger partial charge in [-0.1, -0.05) is 24.3 Å². The molecular formula is C35H30ClN9O11S3. The van der Waals surface area contributed by atoms with Crippen LogP contribution in [0.25, 0.3) is 21.5 Å². The van der Waals surface area contributed by atoms with E-state index in [1.807, 2.05) is 4.90 Å². The molecule has 0 atom stereocenters. The first-order valence-corrected chi connectivity index (χ1v) is 21.7. The molecule has 306 valence electrons. The van der Waals surface area contributed by atoms with E-state index in [4.69, 9.17) is 21.1 Å². The Hall–Kier alpha value is -5.79. The van der Waals surface area contributed by atoms with Crippen LogP contribution in [0.15, 0.2) is 108 Å². The van der Waals surface area contributed by atoms with Crippen LogP contribution < -0.4 is 15.0 Å². The number of hydrogen-bond acceptors (Lipinski definition) is 17. The number of nitrogens with one attached hydrogen (secondary N) is 1. The average Bonchev–Trinajstić information content (AvgIpc) is 3.18. The van der Waals surface area contributed by atoms with Crippen molar-refractivity contribution in [1.82, 2.24) is 15.0 Å². The highest BCUT2D eigenvalue weighted by Crippen LogP contribution is 2.41. The molecule has 5 aromatic carbocycles. The monoisotopic (exact) mass is 883 g/mol. The topological polar surface area (TPSA) is 285 Å². The molecule has 4 N–H and O–H groups in total. The SMILES string of the molecule is COc1cc(N=Nc2cc3c(S(=O)(=O)O)cccc3cc2S(=O)(=O)O)c(C)cc1N=Nc1ccc(Nc2nc(Cl)nc(N3CCOCC3)n2)c2c(S(=O)(=O)O)cccc12. The van der Waals surface area contributed by atoms with Crippen LogP contribution in [0.3, 0.4) is 0 Å². The van der Waals surface area contributed by atoms with Gasteiger partial charge in [-0.05, 0) is 71.9 Å². The van der Waals surface area contributed by atoms with Crippen LogP contribution in [0.2, 0.25) is 5.28 Å². The zero-order valence-electron chi connectivity index (χ0n) is 30.5. The third kappa shape index (κ3) is 8.96. The van der Waals surface area contributed by atoms with Crippen LogP contribution in [0.1, 0.15) is 5.56 Å². The van der Waals surface area contributed by atoms with Crippen LogP contribution in [0.4, 0.5) is 40.3 Å². The van der Waals surface area contributed by atoms with Gasteiger partial charge in [0.05, 0.1) is 37.4 Å². The van der Waals surface area contributed by atoms with Crippen molar-refractivity contribution in [1.29, 1.82) is 0 Å². The summed E-state index contributed by atoms with van der Waals surface area (Å²) in [6.07, 6.45) is 0. The van der Waals surface area contributed by atoms with E-state index in [-0.39, 0.29) is 67.2 Å². The van der Waals surface area contributed by atoms with Crippen LogP contribution >= 0.6 is 11.6 Å². The van der Waals surface area contributed by atoms with E-state index in [1.165, 1.54) is 49.6 Å². The molecule has 0 spiro atoms. The van der Waals surface area contributed by atoms with Crippen molar-refractivity contribution in [3.05, 3.63) is 83.6 Å². The number of aromatic nitrogens is 3. The molecule has 0 amide bonds. The summed E-state index contributed by atoms with van der Waals surface area (Å²) in [6.45, 7) is 3.57. The fourth-order valence-electron chi connectivity index (χ4n) is 6.19. The van der Waals surface area contributed by atoms with Gasteiger partial charge >= 0.3 is 0 Å². The number of halogens is 1. The number of anilines is 3. The van der Waals surface area contributed by atoms with Crippen molar-refractivity contribution in [2.45, 2.75) is 21.6 Å². The van der Waals surface area contributed by atoms with E-state index in [0.29, 0.717) is 31.9 Å². The Balaban J connectivity index is 1.25. The first-order chi connectivity index (χ1) is 27.9. The van der Waals surface area contributed by atoms with Crippen molar-refractivity contribution in [2.75, 3.05) is 43.6 Å². The Kier molecular flexibility index (Phi) is 11.3. The number of fused-ring (bicyclic) bond motifs is 2. The fourth-order valence-corrected chi connectivity index (χ4v) is 8.42. The molecule has 6 aromatic rings. The molecule has 0 radical (unpaired) electrons. The van der Waals surface area contributed by atoms with Gasteiger partial charge in [-0.3, -0.25) is 13.7 Å². The largest absolute Gasteiger partial charge is 0.494 e. The summed E-state index contributed by atoms with van der Waals surface area (Å²) in [5.74, 6) is 0.407. The summed E-state index contributed by atoms with van der Waals surface area (Å²) in [5.41, 5.74) is 0.705. The van der Waals surface area contributed by atoms with Gasteiger partial charge in [-0.25, -0.2) is 0 Å². The molecule has 7 rings (SSSR count). The lowest BCUT2D eigenvalue weighted by Crippen LogP contribution is -2.37. The lowest BCUT2D eigenvalue weighted by Gasteiger charge is -2.26. The van der Waals surface area contributed by atoms with Gasteiger partial charge < -0.3 is 19.7 Å². The zero-order valence-corrected chi connectivity index (χ0v) is 33.8. The maximum Gasteiger partial charge on any atom is 0.296 e. The molecule has 0 aliphatic carbocycles. The van der Waals surface area contributed by atoms with Gasteiger partial charge in [0.2, 0.25) is 17.2 Å². The molecule has 1 aliphatic heterocycles. The Morgan fingerprint density at radius 2 is 1.36 bits per heavy atom. The van der Waals surface area contributed by atoms with Crippen molar-refractivity contribution < 1.29 is 48.4 Å². The van der Waals surface area contributed by atoms with Crippen LogP contribution in [0.5, 0.6) is 5.75 Å². The summed E-state index contributed by atoms with van der Waals surface area (Å²) < 4.78 is 115.